The predicted octanol–water partition coefficient (Wildman–Crippen LogP) is 3.83. The second-order valence-electron chi connectivity index (χ2n) is 4.05. The molecule has 0 saturated heterocycles. The van der Waals surface area contributed by atoms with E-state index in [0.717, 1.165) is 11.1 Å². The second-order valence-corrected chi connectivity index (χ2v) is 4.93. The third kappa shape index (κ3) is 3.87. The summed E-state index contributed by atoms with van der Waals surface area (Å²) >= 11 is 1.70. The van der Waals surface area contributed by atoms with Crippen LogP contribution in [0.1, 0.15) is 16.7 Å². The van der Waals surface area contributed by atoms with Gasteiger partial charge in [-0.25, -0.2) is 0 Å². The van der Waals surface area contributed by atoms with Crippen LogP contribution in [0.2, 0.25) is 0 Å². The molecule has 3 nitrogen and oxygen atoms in total. The van der Waals surface area contributed by atoms with E-state index in [9.17, 15) is 0 Å². The molecule has 0 unspecified atom stereocenters. The average molecular weight is 282 g/mol. The van der Waals surface area contributed by atoms with Crippen molar-refractivity contribution in [1.29, 1.82) is 5.26 Å². The van der Waals surface area contributed by atoms with Gasteiger partial charge in [0.1, 0.15) is 6.61 Å². The van der Waals surface area contributed by atoms with Crippen LogP contribution in [-0.2, 0) is 11.4 Å². The zero-order valence-corrected chi connectivity index (χ0v) is 11.9. The topological polar surface area (TPSA) is 45.4 Å². The average Bonchev–Trinajstić information content (AvgIpc) is 2.52. The molecule has 0 heterocycles. The first-order valence-electron chi connectivity index (χ1n) is 6.11. The van der Waals surface area contributed by atoms with Gasteiger partial charge in [0.25, 0.3) is 0 Å². The molecule has 0 atom stereocenters. The zero-order chi connectivity index (χ0) is 14.2. The number of nitriles is 1. The molecular formula is C16H14N2OS. The van der Waals surface area contributed by atoms with Crippen LogP contribution in [0, 0.1) is 11.3 Å². The van der Waals surface area contributed by atoms with Crippen molar-refractivity contribution in [3.63, 3.8) is 0 Å². The van der Waals surface area contributed by atoms with E-state index >= 15 is 0 Å². The van der Waals surface area contributed by atoms with E-state index in [0.29, 0.717) is 12.2 Å². The number of benzene rings is 2. The molecule has 0 radical (unpaired) electrons. The van der Waals surface area contributed by atoms with Gasteiger partial charge in [-0.1, -0.05) is 35.5 Å². The Bertz CT molecular complexity index is 630. The van der Waals surface area contributed by atoms with E-state index in [2.05, 4.69) is 11.2 Å². The number of hydrogen-bond donors (Lipinski definition) is 0. The highest BCUT2D eigenvalue weighted by Crippen LogP contribution is 2.14. The van der Waals surface area contributed by atoms with Gasteiger partial charge in [0, 0.05) is 10.5 Å². The van der Waals surface area contributed by atoms with E-state index in [-0.39, 0.29) is 0 Å². The zero-order valence-electron chi connectivity index (χ0n) is 11.1. The Balaban J connectivity index is 1.92. The first-order valence-corrected chi connectivity index (χ1v) is 7.33. The lowest BCUT2D eigenvalue weighted by Crippen LogP contribution is -1.92. The molecule has 0 spiro atoms. The van der Waals surface area contributed by atoms with Gasteiger partial charge in [-0.3, -0.25) is 0 Å². The number of nitrogens with zero attached hydrogens (tertiary/aromatic N) is 2. The first-order chi connectivity index (χ1) is 9.83. The molecule has 0 aliphatic rings. The molecule has 0 bridgehead atoms. The van der Waals surface area contributed by atoms with Crippen LogP contribution >= 0.6 is 11.8 Å². The van der Waals surface area contributed by atoms with Gasteiger partial charge in [0.2, 0.25) is 0 Å². The minimum absolute atomic E-state index is 0.295. The second kappa shape index (κ2) is 7.37. The number of rotatable bonds is 5. The number of hydrogen-bond acceptors (Lipinski definition) is 4. The van der Waals surface area contributed by atoms with Crippen LogP contribution in [0.5, 0.6) is 0 Å². The van der Waals surface area contributed by atoms with Crippen LogP contribution in [0.3, 0.4) is 0 Å². The van der Waals surface area contributed by atoms with Crippen molar-refractivity contribution < 1.29 is 4.84 Å². The molecule has 0 saturated carbocycles. The first kappa shape index (κ1) is 14.2. The van der Waals surface area contributed by atoms with Gasteiger partial charge in [-0.2, -0.15) is 5.26 Å². The molecule has 0 aliphatic carbocycles. The lowest BCUT2D eigenvalue weighted by molar-refractivity contribution is 0.132. The molecule has 2 aromatic rings. The van der Waals surface area contributed by atoms with Gasteiger partial charge in [0.05, 0.1) is 17.8 Å². The summed E-state index contributed by atoms with van der Waals surface area (Å²) in [6, 6.07) is 17.5. The predicted molar refractivity (Wildman–Crippen MR) is 81.8 cm³/mol. The SMILES string of the molecule is CSc1ccc(/C=N\OCc2ccccc2C#N)cc1. The lowest BCUT2D eigenvalue weighted by atomic mass is 10.1. The molecule has 100 valence electrons. The fourth-order valence-corrected chi connectivity index (χ4v) is 2.06. The van der Waals surface area contributed by atoms with Crippen LogP contribution < -0.4 is 0 Å². The summed E-state index contributed by atoms with van der Waals surface area (Å²) < 4.78 is 0. The number of thioether (sulfide) groups is 1. The molecule has 0 amide bonds. The minimum Gasteiger partial charge on any atom is -0.391 e. The Morgan fingerprint density at radius 2 is 1.95 bits per heavy atom. The Morgan fingerprint density at radius 3 is 2.65 bits per heavy atom. The maximum Gasteiger partial charge on any atom is 0.143 e. The highest BCUT2D eigenvalue weighted by molar-refractivity contribution is 7.98. The summed E-state index contributed by atoms with van der Waals surface area (Å²) in [5, 5.41) is 12.9. The van der Waals surface area contributed by atoms with E-state index in [4.69, 9.17) is 10.1 Å². The normalized spacial score (nSPS) is 10.4. The Kier molecular flexibility index (Phi) is 5.22. The maximum absolute atomic E-state index is 8.96. The van der Waals surface area contributed by atoms with Crippen molar-refractivity contribution in [1.82, 2.24) is 0 Å². The molecule has 0 N–H and O–H groups in total. The van der Waals surface area contributed by atoms with Gasteiger partial charge in [0.15, 0.2) is 0 Å². The molecule has 0 fully saturated rings. The maximum atomic E-state index is 8.96. The molecule has 0 aliphatic heterocycles. The third-order valence-electron chi connectivity index (χ3n) is 2.75. The monoisotopic (exact) mass is 282 g/mol. The van der Waals surface area contributed by atoms with E-state index in [1.807, 2.05) is 48.7 Å². The van der Waals surface area contributed by atoms with Crippen molar-refractivity contribution in [3.8, 4) is 6.07 Å². The smallest absolute Gasteiger partial charge is 0.143 e. The minimum atomic E-state index is 0.295. The fourth-order valence-electron chi connectivity index (χ4n) is 1.65. The molecule has 20 heavy (non-hydrogen) atoms. The van der Waals surface area contributed by atoms with Crippen molar-refractivity contribution >= 4 is 18.0 Å². The van der Waals surface area contributed by atoms with Gasteiger partial charge >= 0.3 is 0 Å². The van der Waals surface area contributed by atoms with E-state index in [1.165, 1.54) is 4.90 Å². The summed E-state index contributed by atoms with van der Waals surface area (Å²) in [6.07, 6.45) is 3.71. The van der Waals surface area contributed by atoms with Crippen molar-refractivity contribution in [2.24, 2.45) is 5.16 Å². The highest BCUT2D eigenvalue weighted by atomic mass is 32.2. The third-order valence-corrected chi connectivity index (χ3v) is 3.49. The van der Waals surface area contributed by atoms with Gasteiger partial charge < -0.3 is 4.84 Å². The largest absolute Gasteiger partial charge is 0.391 e. The summed E-state index contributed by atoms with van der Waals surface area (Å²) in [6.45, 7) is 0.295. The summed E-state index contributed by atoms with van der Waals surface area (Å²) in [5.74, 6) is 0. The van der Waals surface area contributed by atoms with Crippen LogP contribution in [0.25, 0.3) is 0 Å². The summed E-state index contributed by atoms with van der Waals surface area (Å²) in [7, 11) is 0. The highest BCUT2D eigenvalue weighted by Gasteiger charge is 1.99. The molecule has 0 aromatic heterocycles. The van der Waals surface area contributed by atoms with Crippen molar-refractivity contribution in [2.45, 2.75) is 11.5 Å². The Labute approximate surface area is 122 Å². The number of oxime groups is 1. The van der Waals surface area contributed by atoms with Crippen molar-refractivity contribution in [2.75, 3.05) is 6.26 Å². The van der Waals surface area contributed by atoms with Crippen LogP contribution in [-0.4, -0.2) is 12.5 Å². The molecular weight excluding hydrogens is 268 g/mol. The molecule has 4 heteroatoms. The van der Waals surface area contributed by atoms with Gasteiger partial charge in [-0.05, 0) is 30.0 Å². The quantitative estimate of drug-likeness (QED) is 0.475. The van der Waals surface area contributed by atoms with Crippen LogP contribution in [0.15, 0.2) is 58.6 Å². The Hall–Kier alpha value is -2.25. The van der Waals surface area contributed by atoms with Gasteiger partial charge in [-0.15, -0.1) is 11.8 Å². The lowest BCUT2D eigenvalue weighted by Gasteiger charge is -2.01. The molecule has 2 rings (SSSR count). The fraction of sp³-hybridized carbons (Fsp3) is 0.125. The summed E-state index contributed by atoms with van der Waals surface area (Å²) in [5.41, 5.74) is 2.44. The van der Waals surface area contributed by atoms with Crippen molar-refractivity contribution in [3.05, 3.63) is 65.2 Å². The Morgan fingerprint density at radius 1 is 1.20 bits per heavy atom. The van der Waals surface area contributed by atoms with Crippen LogP contribution in [0.4, 0.5) is 0 Å². The van der Waals surface area contributed by atoms with E-state index in [1.54, 1.807) is 24.0 Å². The molecule has 2 aromatic carbocycles. The van der Waals surface area contributed by atoms with E-state index < -0.39 is 0 Å². The standard InChI is InChI=1S/C16H14N2OS/c1-20-16-8-6-13(7-9-16)11-18-19-12-15-5-3-2-4-14(15)10-17/h2-9,11H,12H2,1H3/b18-11-. The summed E-state index contributed by atoms with van der Waals surface area (Å²) in [4.78, 5) is 6.45.